The molecule has 0 amide bonds. The van der Waals surface area contributed by atoms with Gasteiger partial charge in [0.05, 0.1) is 0 Å². The smallest absolute Gasteiger partial charge is 0.150 e. The number of nitrogen functional groups attached to an aromatic ring is 1. The van der Waals surface area contributed by atoms with Crippen LogP contribution in [0.5, 0.6) is 0 Å². The molecule has 0 bridgehead atoms. The predicted molar refractivity (Wildman–Crippen MR) is 39.0 cm³/mol. The zero-order chi connectivity index (χ0) is 7.56. The number of carbonyl (C=O) groups excluding carboxylic acids is 1. The van der Waals surface area contributed by atoms with Crippen molar-refractivity contribution in [2.45, 2.75) is 0 Å². The fraction of sp³-hybridized carbons (Fsp3) is 0. The van der Waals surface area contributed by atoms with E-state index < -0.39 is 0 Å². The average Bonchev–Trinajstić information content (AvgIpc) is 1.85. The van der Waals surface area contributed by atoms with Crippen molar-refractivity contribution < 1.29 is 4.79 Å². The van der Waals surface area contributed by atoms with Crippen LogP contribution in [0.4, 0.5) is 5.82 Å². The van der Waals surface area contributed by atoms with E-state index in [1.165, 1.54) is 12.1 Å². The molecule has 0 spiro atoms. The maximum absolute atomic E-state index is 10.2. The van der Waals surface area contributed by atoms with Crippen LogP contribution in [0.3, 0.4) is 0 Å². The highest BCUT2D eigenvalue weighted by Gasteiger charge is 1.95. The minimum absolute atomic E-state index is 0.238. The Morgan fingerprint density at radius 2 is 2.30 bits per heavy atom. The lowest BCUT2D eigenvalue weighted by Gasteiger charge is -1.93. The zero-order valence-corrected chi connectivity index (χ0v) is 5.80. The Hall–Kier alpha value is -1.09. The molecule has 0 fully saturated rings. The van der Waals surface area contributed by atoms with Gasteiger partial charge >= 0.3 is 0 Å². The zero-order valence-electron chi connectivity index (χ0n) is 5.04. The first-order valence-corrected chi connectivity index (χ1v) is 2.98. The second-order valence-corrected chi connectivity index (χ2v) is 2.15. The maximum atomic E-state index is 10.2. The summed E-state index contributed by atoms with van der Waals surface area (Å²) >= 11 is 5.48. The Balaban J connectivity index is 3.18. The molecule has 0 atom stereocenters. The minimum Gasteiger partial charge on any atom is -0.384 e. The Labute approximate surface area is 62.8 Å². The largest absolute Gasteiger partial charge is 0.384 e. The first kappa shape index (κ1) is 7.02. The van der Waals surface area contributed by atoms with E-state index in [4.69, 9.17) is 17.3 Å². The van der Waals surface area contributed by atoms with E-state index in [9.17, 15) is 4.79 Å². The van der Waals surface area contributed by atoms with Crippen molar-refractivity contribution in [3.63, 3.8) is 0 Å². The number of aromatic nitrogens is 1. The highest BCUT2D eigenvalue weighted by atomic mass is 35.5. The fourth-order valence-corrected chi connectivity index (χ4v) is 0.829. The lowest BCUT2D eigenvalue weighted by Crippen LogP contribution is -1.91. The molecule has 1 rings (SSSR count). The van der Waals surface area contributed by atoms with Crippen LogP contribution in [0.2, 0.25) is 5.15 Å². The van der Waals surface area contributed by atoms with E-state index in [0.29, 0.717) is 11.8 Å². The van der Waals surface area contributed by atoms with Gasteiger partial charge in [-0.05, 0) is 12.1 Å². The molecule has 4 heteroatoms. The quantitative estimate of drug-likeness (QED) is 0.490. The summed E-state index contributed by atoms with van der Waals surface area (Å²) in [6, 6.07) is 2.91. The van der Waals surface area contributed by atoms with Gasteiger partial charge in [-0.3, -0.25) is 4.79 Å². The van der Waals surface area contributed by atoms with Crippen LogP contribution in [-0.4, -0.2) is 11.3 Å². The molecule has 3 nitrogen and oxygen atoms in total. The van der Waals surface area contributed by atoms with Crippen LogP contribution in [-0.2, 0) is 0 Å². The molecule has 0 aliphatic heterocycles. The number of carbonyl (C=O) groups is 1. The molecule has 0 saturated carbocycles. The Morgan fingerprint density at radius 1 is 1.60 bits per heavy atom. The van der Waals surface area contributed by atoms with E-state index in [-0.39, 0.29) is 11.0 Å². The first-order valence-electron chi connectivity index (χ1n) is 2.60. The summed E-state index contributed by atoms with van der Waals surface area (Å²) in [5, 5.41) is 0.238. The fourth-order valence-electron chi connectivity index (χ4n) is 0.606. The van der Waals surface area contributed by atoms with Gasteiger partial charge in [-0.2, -0.15) is 0 Å². The number of anilines is 1. The van der Waals surface area contributed by atoms with Crippen molar-refractivity contribution >= 4 is 23.7 Å². The lowest BCUT2D eigenvalue weighted by molar-refractivity contribution is 0.112. The van der Waals surface area contributed by atoms with Crippen molar-refractivity contribution in [1.29, 1.82) is 0 Å². The van der Waals surface area contributed by atoms with Gasteiger partial charge in [-0.25, -0.2) is 4.98 Å². The first-order chi connectivity index (χ1) is 4.72. The number of halogens is 1. The molecule has 0 radical (unpaired) electrons. The van der Waals surface area contributed by atoms with Crippen LogP contribution < -0.4 is 5.73 Å². The molecular weight excluding hydrogens is 152 g/mol. The van der Waals surface area contributed by atoms with Crippen molar-refractivity contribution in [3.8, 4) is 0 Å². The van der Waals surface area contributed by atoms with E-state index in [2.05, 4.69) is 4.98 Å². The van der Waals surface area contributed by atoms with Crippen molar-refractivity contribution in [2.75, 3.05) is 5.73 Å². The number of hydrogen-bond donors (Lipinski definition) is 1. The minimum atomic E-state index is 0.238. The summed E-state index contributed by atoms with van der Waals surface area (Å²) in [7, 11) is 0. The number of aldehydes is 1. The summed E-state index contributed by atoms with van der Waals surface area (Å²) < 4.78 is 0. The Kier molecular flexibility index (Phi) is 1.87. The van der Waals surface area contributed by atoms with Gasteiger partial charge in [0.15, 0.2) is 0 Å². The number of nitrogens with two attached hydrogens (primary N) is 1. The normalized spacial score (nSPS) is 9.30. The van der Waals surface area contributed by atoms with Crippen LogP contribution in [0.25, 0.3) is 0 Å². The molecule has 1 aromatic rings. The third-order valence-electron chi connectivity index (χ3n) is 0.972. The summed E-state index contributed by atoms with van der Waals surface area (Å²) in [5.74, 6) is 0.259. The summed E-state index contributed by atoms with van der Waals surface area (Å²) in [5.41, 5.74) is 5.72. The number of rotatable bonds is 1. The maximum Gasteiger partial charge on any atom is 0.150 e. The lowest BCUT2D eigenvalue weighted by atomic mass is 10.3. The van der Waals surface area contributed by atoms with Crippen molar-refractivity contribution in [1.82, 2.24) is 4.98 Å². The molecule has 1 heterocycles. The monoisotopic (exact) mass is 156 g/mol. The van der Waals surface area contributed by atoms with Crippen LogP contribution in [0, 0.1) is 0 Å². The van der Waals surface area contributed by atoms with Crippen LogP contribution in [0.15, 0.2) is 12.1 Å². The van der Waals surface area contributed by atoms with Gasteiger partial charge < -0.3 is 5.73 Å². The molecule has 0 unspecified atom stereocenters. The topological polar surface area (TPSA) is 56.0 Å². The third kappa shape index (κ3) is 1.45. The van der Waals surface area contributed by atoms with Gasteiger partial charge in [0, 0.05) is 5.56 Å². The van der Waals surface area contributed by atoms with Gasteiger partial charge in [0.2, 0.25) is 0 Å². The van der Waals surface area contributed by atoms with Crippen molar-refractivity contribution in [2.24, 2.45) is 0 Å². The number of nitrogens with zero attached hydrogens (tertiary/aromatic N) is 1. The summed E-state index contributed by atoms with van der Waals surface area (Å²) in [6.07, 6.45) is 0.671. The SMILES string of the molecule is Nc1cc(C=O)cc(Cl)n1. The molecule has 52 valence electrons. The highest BCUT2D eigenvalue weighted by molar-refractivity contribution is 6.29. The second kappa shape index (κ2) is 2.66. The Bertz CT molecular complexity index is 242. The highest BCUT2D eigenvalue weighted by Crippen LogP contribution is 2.09. The van der Waals surface area contributed by atoms with Gasteiger partial charge in [-0.1, -0.05) is 11.6 Å². The molecular formula is C6H5ClN2O. The molecule has 0 saturated heterocycles. The predicted octanol–water partition coefficient (Wildman–Crippen LogP) is 1.13. The summed E-state index contributed by atoms with van der Waals surface area (Å²) in [6.45, 7) is 0. The summed E-state index contributed by atoms with van der Waals surface area (Å²) in [4.78, 5) is 13.8. The van der Waals surface area contributed by atoms with Crippen LogP contribution >= 0.6 is 11.6 Å². The molecule has 0 aliphatic carbocycles. The van der Waals surface area contributed by atoms with Gasteiger partial charge in [0.1, 0.15) is 17.3 Å². The third-order valence-corrected chi connectivity index (χ3v) is 1.17. The average molecular weight is 157 g/mol. The number of pyridine rings is 1. The van der Waals surface area contributed by atoms with Gasteiger partial charge in [0.25, 0.3) is 0 Å². The van der Waals surface area contributed by atoms with E-state index in [1.54, 1.807) is 0 Å². The van der Waals surface area contributed by atoms with Crippen LogP contribution in [0.1, 0.15) is 10.4 Å². The molecule has 0 aromatic carbocycles. The van der Waals surface area contributed by atoms with E-state index in [0.717, 1.165) is 0 Å². The molecule has 0 aliphatic rings. The molecule has 10 heavy (non-hydrogen) atoms. The molecule has 1 aromatic heterocycles. The van der Waals surface area contributed by atoms with E-state index in [1.807, 2.05) is 0 Å². The Morgan fingerprint density at radius 3 is 2.80 bits per heavy atom. The number of hydrogen-bond acceptors (Lipinski definition) is 3. The van der Waals surface area contributed by atoms with Gasteiger partial charge in [-0.15, -0.1) is 0 Å². The van der Waals surface area contributed by atoms with E-state index >= 15 is 0 Å². The standard InChI is InChI=1S/C6H5ClN2O/c7-5-1-4(3-10)2-6(8)9-5/h1-3H,(H2,8,9). The second-order valence-electron chi connectivity index (χ2n) is 1.77. The molecule has 2 N–H and O–H groups in total. The van der Waals surface area contributed by atoms with Crippen molar-refractivity contribution in [3.05, 3.63) is 22.8 Å².